The molecule has 0 radical (unpaired) electrons. The van der Waals surface area contributed by atoms with Gasteiger partial charge in [0.15, 0.2) is 4.34 Å². The number of hydrogen-bond donors (Lipinski definition) is 1. The van der Waals surface area contributed by atoms with Crippen molar-refractivity contribution in [3.63, 3.8) is 0 Å². The molecule has 0 spiro atoms. The molecule has 0 aliphatic heterocycles. The zero-order valence-corrected chi connectivity index (χ0v) is 13.5. The summed E-state index contributed by atoms with van der Waals surface area (Å²) in [6.07, 6.45) is 0. The maximum Gasteiger partial charge on any atom is 0.242 e. The van der Waals surface area contributed by atoms with Gasteiger partial charge < -0.3 is 5.32 Å². The van der Waals surface area contributed by atoms with E-state index in [9.17, 15) is 9.18 Å². The maximum absolute atomic E-state index is 13.0. The summed E-state index contributed by atoms with van der Waals surface area (Å²) in [4.78, 5) is 12.7. The first kappa shape index (κ1) is 15.6. The zero-order valence-electron chi connectivity index (χ0n) is 11.8. The summed E-state index contributed by atoms with van der Waals surface area (Å²) in [7, 11) is 0. The summed E-state index contributed by atoms with van der Waals surface area (Å²) < 4.78 is 13.7. The lowest BCUT2D eigenvalue weighted by Crippen LogP contribution is -2.19. The second-order valence-corrected chi connectivity index (χ2v) is 6.79. The quantitative estimate of drug-likeness (QED) is 0.706. The molecule has 0 bridgehead atoms. The predicted octanol–water partition coefficient (Wildman–Crippen LogP) is 4.15. The summed E-state index contributed by atoms with van der Waals surface area (Å²) in [6.45, 7) is 0. The topological polar surface area (TPSA) is 54.9 Å². The predicted molar refractivity (Wildman–Crippen MR) is 90.0 cm³/mol. The van der Waals surface area contributed by atoms with E-state index in [1.165, 1.54) is 47.4 Å². The summed E-state index contributed by atoms with van der Waals surface area (Å²) in [5.41, 5.74) is 3.05. The molecular formula is C16H12FN3OS2. The third-order valence-electron chi connectivity index (χ3n) is 3.01. The molecule has 0 aliphatic rings. The molecule has 2 aromatic carbocycles. The Bertz CT molecular complexity index is 764. The van der Waals surface area contributed by atoms with Crippen molar-refractivity contribution in [2.24, 2.45) is 0 Å². The largest absolute Gasteiger partial charge is 0.325 e. The van der Waals surface area contributed by atoms with Gasteiger partial charge in [-0.05, 0) is 29.8 Å². The second kappa shape index (κ2) is 7.34. The van der Waals surface area contributed by atoms with E-state index in [1.54, 1.807) is 5.51 Å². The van der Waals surface area contributed by atoms with Gasteiger partial charge in [0.1, 0.15) is 16.6 Å². The van der Waals surface area contributed by atoms with Gasteiger partial charge in [0, 0.05) is 5.69 Å². The van der Waals surface area contributed by atoms with E-state index in [1.807, 2.05) is 30.3 Å². The first-order chi connectivity index (χ1) is 11.2. The molecule has 3 rings (SSSR count). The molecule has 1 aromatic heterocycles. The Labute approximate surface area is 140 Å². The molecule has 0 saturated heterocycles. The zero-order chi connectivity index (χ0) is 16.1. The Morgan fingerprint density at radius 3 is 2.52 bits per heavy atom. The number of thioether (sulfide) groups is 1. The van der Waals surface area contributed by atoms with Gasteiger partial charge in [0.05, 0.1) is 0 Å². The summed E-state index contributed by atoms with van der Waals surface area (Å²) >= 11 is 2.72. The molecule has 4 nitrogen and oxygen atoms in total. The van der Waals surface area contributed by atoms with E-state index < -0.39 is 5.25 Å². The molecule has 7 heteroatoms. The highest BCUT2D eigenvalue weighted by Crippen LogP contribution is 2.36. The van der Waals surface area contributed by atoms with Crippen molar-refractivity contribution in [2.75, 3.05) is 5.32 Å². The number of carbonyl (C=O) groups excluding carboxylic acids is 1. The molecular weight excluding hydrogens is 333 g/mol. The first-order valence-corrected chi connectivity index (χ1v) is 8.52. The van der Waals surface area contributed by atoms with E-state index >= 15 is 0 Å². The Balaban J connectivity index is 1.82. The normalized spacial score (nSPS) is 11.9. The van der Waals surface area contributed by atoms with Gasteiger partial charge in [-0.2, -0.15) is 0 Å². The van der Waals surface area contributed by atoms with Crippen LogP contribution in [0.4, 0.5) is 10.1 Å². The van der Waals surface area contributed by atoms with Crippen LogP contribution < -0.4 is 5.32 Å². The molecule has 1 amide bonds. The van der Waals surface area contributed by atoms with Crippen LogP contribution in [-0.2, 0) is 4.79 Å². The number of aromatic nitrogens is 2. The number of hydrogen-bond acceptors (Lipinski definition) is 5. The minimum Gasteiger partial charge on any atom is -0.325 e. The van der Waals surface area contributed by atoms with Crippen molar-refractivity contribution >= 4 is 34.7 Å². The van der Waals surface area contributed by atoms with Crippen molar-refractivity contribution in [1.82, 2.24) is 10.2 Å². The first-order valence-electron chi connectivity index (χ1n) is 6.76. The lowest BCUT2D eigenvalue weighted by atomic mass is 10.1. The van der Waals surface area contributed by atoms with E-state index in [4.69, 9.17) is 0 Å². The van der Waals surface area contributed by atoms with Crippen molar-refractivity contribution < 1.29 is 9.18 Å². The number of halogens is 1. The van der Waals surface area contributed by atoms with Gasteiger partial charge in [-0.1, -0.05) is 53.4 Å². The number of nitrogens with one attached hydrogen (secondary N) is 1. The van der Waals surface area contributed by atoms with Crippen molar-refractivity contribution in [1.29, 1.82) is 0 Å². The fraction of sp³-hybridized carbons (Fsp3) is 0.0625. The van der Waals surface area contributed by atoms with E-state index in [-0.39, 0.29) is 11.7 Å². The molecule has 1 N–H and O–H groups in total. The number of benzene rings is 2. The highest BCUT2D eigenvalue weighted by molar-refractivity contribution is 8.01. The second-order valence-electron chi connectivity index (χ2n) is 4.61. The third-order valence-corrected chi connectivity index (χ3v) is 5.08. The monoisotopic (exact) mass is 345 g/mol. The molecule has 23 heavy (non-hydrogen) atoms. The van der Waals surface area contributed by atoms with Crippen molar-refractivity contribution in [3.05, 3.63) is 71.5 Å². The fourth-order valence-corrected chi connectivity index (χ4v) is 3.63. The SMILES string of the molecule is O=C(Nc1ccc(F)cc1)[C@@H](Sc1nncs1)c1ccccc1. The third kappa shape index (κ3) is 4.14. The van der Waals surface area contributed by atoms with E-state index in [2.05, 4.69) is 15.5 Å². The molecule has 116 valence electrons. The summed E-state index contributed by atoms with van der Waals surface area (Å²) in [6, 6.07) is 15.1. The minimum atomic E-state index is -0.464. The van der Waals surface area contributed by atoms with Gasteiger partial charge >= 0.3 is 0 Å². The molecule has 0 saturated carbocycles. The Hall–Kier alpha value is -2.25. The molecule has 0 fully saturated rings. The van der Waals surface area contributed by atoms with Gasteiger partial charge in [-0.3, -0.25) is 4.79 Å². The van der Waals surface area contributed by atoms with Crippen molar-refractivity contribution in [2.45, 2.75) is 9.59 Å². The summed E-state index contributed by atoms with van der Waals surface area (Å²) in [5.74, 6) is -0.533. The molecule has 1 atom stereocenters. The van der Waals surface area contributed by atoms with Crippen LogP contribution in [0.15, 0.2) is 64.4 Å². The Morgan fingerprint density at radius 1 is 1.13 bits per heavy atom. The lowest BCUT2D eigenvalue weighted by molar-refractivity contribution is -0.115. The van der Waals surface area contributed by atoms with E-state index in [0.717, 1.165) is 5.56 Å². The Kier molecular flexibility index (Phi) is 4.99. The van der Waals surface area contributed by atoms with Crippen LogP contribution in [0.1, 0.15) is 10.8 Å². The highest BCUT2D eigenvalue weighted by atomic mass is 32.2. The average Bonchev–Trinajstić information content (AvgIpc) is 3.09. The number of anilines is 1. The molecule has 0 unspecified atom stereocenters. The number of carbonyl (C=O) groups is 1. The van der Waals surface area contributed by atoms with Crippen LogP contribution in [0, 0.1) is 5.82 Å². The van der Waals surface area contributed by atoms with Crippen molar-refractivity contribution in [3.8, 4) is 0 Å². The van der Waals surface area contributed by atoms with Gasteiger partial charge in [-0.25, -0.2) is 4.39 Å². The van der Waals surface area contributed by atoms with Crippen LogP contribution in [0.3, 0.4) is 0 Å². The smallest absolute Gasteiger partial charge is 0.242 e. The van der Waals surface area contributed by atoms with Crippen LogP contribution >= 0.6 is 23.1 Å². The van der Waals surface area contributed by atoms with Gasteiger partial charge in [-0.15, -0.1) is 10.2 Å². The average molecular weight is 345 g/mol. The van der Waals surface area contributed by atoms with Crippen LogP contribution in [0.25, 0.3) is 0 Å². The minimum absolute atomic E-state index is 0.192. The van der Waals surface area contributed by atoms with Crippen LogP contribution in [0.2, 0.25) is 0 Å². The molecule has 0 aliphatic carbocycles. The lowest BCUT2D eigenvalue weighted by Gasteiger charge is -2.15. The van der Waals surface area contributed by atoms with Crippen LogP contribution in [-0.4, -0.2) is 16.1 Å². The van der Waals surface area contributed by atoms with E-state index in [0.29, 0.717) is 10.0 Å². The van der Waals surface area contributed by atoms with Crippen LogP contribution in [0.5, 0.6) is 0 Å². The number of nitrogens with zero attached hydrogens (tertiary/aromatic N) is 2. The highest BCUT2D eigenvalue weighted by Gasteiger charge is 2.23. The number of amides is 1. The fourth-order valence-electron chi connectivity index (χ4n) is 1.96. The molecule has 1 heterocycles. The van der Waals surface area contributed by atoms with Gasteiger partial charge in [0.25, 0.3) is 0 Å². The maximum atomic E-state index is 13.0. The summed E-state index contributed by atoms with van der Waals surface area (Å²) in [5, 5.41) is 10.1. The standard InChI is InChI=1S/C16H12FN3OS2/c17-12-6-8-13(9-7-12)19-15(21)14(11-4-2-1-3-5-11)23-16-20-18-10-22-16/h1-10,14H,(H,19,21)/t14-/m0/s1. The molecule has 3 aromatic rings. The number of rotatable bonds is 5. The van der Waals surface area contributed by atoms with Gasteiger partial charge in [0.2, 0.25) is 5.91 Å². The Morgan fingerprint density at radius 2 is 1.87 bits per heavy atom.